The van der Waals surface area contributed by atoms with Crippen molar-refractivity contribution in [1.29, 1.82) is 0 Å². The largest absolute Gasteiger partial charge is 0.374 e. The van der Waals surface area contributed by atoms with E-state index in [1.54, 1.807) is 24.3 Å². The molecule has 1 fully saturated rings. The number of hydrogen-bond donors (Lipinski definition) is 1. The number of nitrogens with zero attached hydrogens (tertiary/aromatic N) is 1. The molecular weight excluding hydrogens is 407 g/mol. The Hall–Kier alpha value is -3.35. The smallest absolute Gasteiger partial charge is 0.252 e. The highest BCUT2D eigenvalue weighted by molar-refractivity contribution is 6.15. The van der Waals surface area contributed by atoms with Gasteiger partial charge in [0.05, 0.1) is 18.3 Å². The first-order valence-electron chi connectivity index (χ1n) is 10.7. The van der Waals surface area contributed by atoms with E-state index in [4.69, 9.17) is 4.74 Å². The van der Waals surface area contributed by atoms with E-state index < -0.39 is 5.82 Å². The Morgan fingerprint density at radius 2 is 1.62 bits per heavy atom. The third kappa shape index (κ3) is 5.46. The molecule has 1 aliphatic heterocycles. The minimum atomic E-state index is -0.415. The van der Waals surface area contributed by atoms with Gasteiger partial charge in [0, 0.05) is 37.3 Å². The van der Waals surface area contributed by atoms with Gasteiger partial charge in [-0.05, 0) is 35.9 Å². The standard InChI is InChI=1S/C26H25FN2O3/c27-21-12-10-20(11-13-21)25(30)23-8-4-5-9-24(23)26(31)28-16-22-18-29(14-15-32-22)17-19-6-2-1-3-7-19/h1-13,22H,14-18H2,(H,28,31)/t22-/m1/s1. The van der Waals surface area contributed by atoms with Gasteiger partial charge in [0.25, 0.3) is 5.91 Å². The van der Waals surface area contributed by atoms with E-state index in [0.29, 0.717) is 30.8 Å². The monoisotopic (exact) mass is 432 g/mol. The highest BCUT2D eigenvalue weighted by Gasteiger charge is 2.23. The fraction of sp³-hybridized carbons (Fsp3) is 0.231. The van der Waals surface area contributed by atoms with E-state index in [0.717, 1.165) is 13.1 Å². The van der Waals surface area contributed by atoms with Crippen molar-refractivity contribution >= 4 is 11.7 Å². The maximum atomic E-state index is 13.2. The number of amides is 1. The number of rotatable bonds is 7. The highest BCUT2D eigenvalue weighted by Crippen LogP contribution is 2.16. The van der Waals surface area contributed by atoms with Gasteiger partial charge >= 0.3 is 0 Å². The first-order valence-corrected chi connectivity index (χ1v) is 10.7. The Balaban J connectivity index is 1.38. The summed E-state index contributed by atoms with van der Waals surface area (Å²) < 4.78 is 19.0. The first kappa shape index (κ1) is 21.9. The van der Waals surface area contributed by atoms with Gasteiger partial charge in [-0.2, -0.15) is 0 Å². The molecule has 1 N–H and O–H groups in total. The lowest BCUT2D eigenvalue weighted by atomic mass is 9.98. The average Bonchev–Trinajstić information content (AvgIpc) is 2.83. The third-order valence-corrected chi connectivity index (χ3v) is 5.48. The van der Waals surface area contributed by atoms with Crippen molar-refractivity contribution in [2.75, 3.05) is 26.2 Å². The zero-order valence-electron chi connectivity index (χ0n) is 17.7. The van der Waals surface area contributed by atoms with Gasteiger partial charge in [0.2, 0.25) is 0 Å². The van der Waals surface area contributed by atoms with Gasteiger partial charge in [-0.15, -0.1) is 0 Å². The molecule has 1 saturated heterocycles. The second-order valence-electron chi connectivity index (χ2n) is 7.81. The maximum Gasteiger partial charge on any atom is 0.252 e. The van der Waals surface area contributed by atoms with Crippen LogP contribution in [0.3, 0.4) is 0 Å². The Morgan fingerprint density at radius 1 is 0.938 bits per heavy atom. The number of hydrogen-bond acceptors (Lipinski definition) is 4. The highest BCUT2D eigenvalue weighted by atomic mass is 19.1. The molecule has 1 heterocycles. The number of ether oxygens (including phenoxy) is 1. The van der Waals surface area contributed by atoms with Crippen LogP contribution in [0, 0.1) is 5.82 Å². The SMILES string of the molecule is O=C(NC[C@@H]1CN(Cc2ccccc2)CCO1)c1ccccc1C(=O)c1ccc(F)cc1. The zero-order chi connectivity index (χ0) is 22.3. The lowest BCUT2D eigenvalue weighted by molar-refractivity contribution is -0.0292. The summed E-state index contributed by atoms with van der Waals surface area (Å²) in [6, 6.07) is 22.2. The van der Waals surface area contributed by atoms with Crippen molar-refractivity contribution in [3.63, 3.8) is 0 Å². The Kier molecular flexibility index (Phi) is 7.04. The maximum absolute atomic E-state index is 13.2. The fourth-order valence-electron chi connectivity index (χ4n) is 3.83. The number of carbonyl (C=O) groups excluding carboxylic acids is 2. The lowest BCUT2D eigenvalue weighted by Gasteiger charge is -2.33. The molecule has 0 bridgehead atoms. The van der Waals surface area contributed by atoms with E-state index in [2.05, 4.69) is 22.3 Å². The Labute approximate surface area is 186 Å². The molecule has 164 valence electrons. The summed E-state index contributed by atoms with van der Waals surface area (Å²) in [7, 11) is 0. The molecule has 0 radical (unpaired) electrons. The van der Waals surface area contributed by atoms with Crippen molar-refractivity contribution < 1.29 is 18.7 Å². The van der Waals surface area contributed by atoms with Crippen LogP contribution in [0.4, 0.5) is 4.39 Å². The number of morpholine rings is 1. The van der Waals surface area contributed by atoms with Crippen LogP contribution < -0.4 is 5.32 Å². The number of benzene rings is 3. The number of carbonyl (C=O) groups is 2. The van der Waals surface area contributed by atoms with Crippen LogP contribution in [-0.2, 0) is 11.3 Å². The van der Waals surface area contributed by atoms with Gasteiger partial charge in [-0.3, -0.25) is 14.5 Å². The summed E-state index contributed by atoms with van der Waals surface area (Å²) in [5.41, 5.74) is 2.15. The van der Waals surface area contributed by atoms with Crippen molar-refractivity contribution in [3.05, 3.63) is 107 Å². The zero-order valence-corrected chi connectivity index (χ0v) is 17.7. The number of ketones is 1. The summed E-state index contributed by atoms with van der Waals surface area (Å²) in [5, 5.41) is 2.91. The molecular formula is C26H25FN2O3. The molecule has 1 aliphatic rings. The van der Waals surface area contributed by atoms with Crippen LogP contribution >= 0.6 is 0 Å². The topological polar surface area (TPSA) is 58.6 Å². The molecule has 0 aromatic heterocycles. The minimum absolute atomic E-state index is 0.128. The summed E-state index contributed by atoms with van der Waals surface area (Å²) >= 11 is 0. The van der Waals surface area contributed by atoms with Crippen LogP contribution in [0.5, 0.6) is 0 Å². The van der Waals surface area contributed by atoms with Gasteiger partial charge in [0.15, 0.2) is 5.78 Å². The van der Waals surface area contributed by atoms with Gasteiger partial charge < -0.3 is 10.1 Å². The predicted molar refractivity (Wildman–Crippen MR) is 120 cm³/mol. The first-order chi connectivity index (χ1) is 15.6. The molecule has 0 aliphatic carbocycles. The summed E-state index contributed by atoms with van der Waals surface area (Å²) in [5.74, 6) is -1.07. The Morgan fingerprint density at radius 3 is 2.38 bits per heavy atom. The molecule has 1 atom stereocenters. The molecule has 3 aromatic carbocycles. The van der Waals surface area contributed by atoms with Gasteiger partial charge in [-0.1, -0.05) is 48.5 Å². The average molecular weight is 432 g/mol. The van der Waals surface area contributed by atoms with E-state index in [1.807, 2.05) is 18.2 Å². The van der Waals surface area contributed by atoms with E-state index >= 15 is 0 Å². The third-order valence-electron chi connectivity index (χ3n) is 5.48. The van der Waals surface area contributed by atoms with Crippen molar-refractivity contribution in [2.24, 2.45) is 0 Å². The van der Waals surface area contributed by atoms with Crippen LogP contribution in [0.1, 0.15) is 31.8 Å². The van der Waals surface area contributed by atoms with E-state index in [-0.39, 0.29) is 23.4 Å². The molecule has 0 saturated carbocycles. The number of halogens is 1. The molecule has 3 aromatic rings. The molecule has 4 rings (SSSR count). The predicted octanol–water partition coefficient (Wildman–Crippen LogP) is 3.69. The van der Waals surface area contributed by atoms with Crippen molar-refractivity contribution in [3.8, 4) is 0 Å². The van der Waals surface area contributed by atoms with Crippen LogP contribution in [0.25, 0.3) is 0 Å². The molecule has 32 heavy (non-hydrogen) atoms. The molecule has 0 spiro atoms. The molecule has 5 nitrogen and oxygen atoms in total. The lowest BCUT2D eigenvalue weighted by Crippen LogP contribution is -2.47. The second-order valence-corrected chi connectivity index (χ2v) is 7.81. The quantitative estimate of drug-likeness (QED) is 0.579. The minimum Gasteiger partial charge on any atom is -0.374 e. The second kappa shape index (κ2) is 10.3. The summed E-state index contributed by atoms with van der Waals surface area (Å²) in [4.78, 5) is 28.1. The van der Waals surface area contributed by atoms with Gasteiger partial charge in [0.1, 0.15) is 5.82 Å². The molecule has 0 unspecified atom stereocenters. The van der Waals surface area contributed by atoms with Crippen LogP contribution in [0.2, 0.25) is 0 Å². The fourth-order valence-corrected chi connectivity index (χ4v) is 3.83. The molecule has 6 heteroatoms. The van der Waals surface area contributed by atoms with Crippen LogP contribution in [0.15, 0.2) is 78.9 Å². The molecule has 1 amide bonds. The number of nitrogens with one attached hydrogen (secondary N) is 1. The van der Waals surface area contributed by atoms with E-state index in [9.17, 15) is 14.0 Å². The normalized spacial score (nSPS) is 16.5. The van der Waals surface area contributed by atoms with Crippen molar-refractivity contribution in [2.45, 2.75) is 12.6 Å². The van der Waals surface area contributed by atoms with Gasteiger partial charge in [-0.25, -0.2) is 4.39 Å². The summed E-state index contributed by atoms with van der Waals surface area (Å²) in [6.45, 7) is 3.35. The Bertz CT molecular complexity index is 1070. The summed E-state index contributed by atoms with van der Waals surface area (Å²) in [6.07, 6.45) is -0.128. The van der Waals surface area contributed by atoms with E-state index in [1.165, 1.54) is 29.8 Å². The van der Waals surface area contributed by atoms with Crippen molar-refractivity contribution in [1.82, 2.24) is 10.2 Å². The van der Waals surface area contributed by atoms with Crippen LogP contribution in [-0.4, -0.2) is 48.9 Å².